The largest absolute Gasteiger partial charge is 0.505 e. The molecule has 220 valence electrons. The van der Waals surface area contributed by atoms with Crippen molar-refractivity contribution in [3.63, 3.8) is 0 Å². The van der Waals surface area contributed by atoms with E-state index in [9.17, 15) is 29.4 Å². The minimum atomic E-state index is -1.42. The van der Waals surface area contributed by atoms with Crippen LogP contribution in [0.2, 0.25) is 0 Å². The number of benzene rings is 1. The second-order valence-corrected chi connectivity index (χ2v) is 10.2. The van der Waals surface area contributed by atoms with E-state index in [1.807, 2.05) is 6.07 Å². The number of cyclic esters (lactones) is 1. The highest BCUT2D eigenvalue weighted by Gasteiger charge is 2.39. The van der Waals surface area contributed by atoms with Crippen molar-refractivity contribution in [1.29, 1.82) is 0 Å². The Kier molecular flexibility index (Phi) is 9.81. The van der Waals surface area contributed by atoms with Gasteiger partial charge in [-0.3, -0.25) is 24.2 Å². The second kappa shape index (κ2) is 13.7. The number of carbonyl (C=O) groups is 4. The molecule has 0 bridgehead atoms. The summed E-state index contributed by atoms with van der Waals surface area (Å²) in [5, 5.41) is 29.4. The number of carbonyl (C=O) groups excluding carboxylic acids is 4. The van der Waals surface area contributed by atoms with Gasteiger partial charge in [-0.25, -0.2) is 4.98 Å². The molecule has 0 saturated carbocycles. The third kappa shape index (κ3) is 7.46. The van der Waals surface area contributed by atoms with Gasteiger partial charge >= 0.3 is 5.97 Å². The molecule has 6 atom stereocenters. The normalized spacial score (nSPS) is 25.2. The Morgan fingerprint density at radius 2 is 1.64 bits per heavy atom. The number of ether oxygens (including phenoxy) is 1. The molecule has 3 amide bonds. The number of pyridine rings is 2. The molecule has 5 N–H and O–H groups in total. The molecule has 42 heavy (non-hydrogen) atoms. The van der Waals surface area contributed by atoms with Gasteiger partial charge in [-0.2, -0.15) is 0 Å². The highest BCUT2D eigenvalue weighted by atomic mass is 16.5. The average molecular weight is 576 g/mol. The third-order valence-electron chi connectivity index (χ3n) is 7.06. The van der Waals surface area contributed by atoms with Crippen molar-refractivity contribution in [1.82, 2.24) is 25.9 Å². The van der Waals surface area contributed by atoms with Gasteiger partial charge in [0.15, 0.2) is 11.8 Å². The standard InChI is InChI=1S/C30H33N5O7/c1-17-26(37)21(14-20-10-6-12-31-16-20)34-28(39)24(35-29(40)25-22(36)11-7-13-32-25)18(2)33-27(38)23(42-30(17)41)15-19-8-4-3-5-9-19/h3-13,16-18,21,23-24,26,36-37H,14-15H2,1-2H3,(H,33,38)(H,34,39)(H,35,40). The molecule has 1 aromatic carbocycles. The maximum atomic E-state index is 13.7. The Balaban J connectivity index is 1.69. The van der Waals surface area contributed by atoms with Gasteiger partial charge in [-0.15, -0.1) is 0 Å². The van der Waals surface area contributed by atoms with Gasteiger partial charge in [0.1, 0.15) is 11.8 Å². The van der Waals surface area contributed by atoms with Crippen molar-refractivity contribution < 1.29 is 34.1 Å². The number of amides is 3. The van der Waals surface area contributed by atoms with Crippen LogP contribution in [-0.2, 0) is 32.0 Å². The van der Waals surface area contributed by atoms with Crippen molar-refractivity contribution in [2.75, 3.05) is 0 Å². The smallest absolute Gasteiger partial charge is 0.312 e. The molecule has 1 fully saturated rings. The van der Waals surface area contributed by atoms with Crippen LogP contribution < -0.4 is 16.0 Å². The van der Waals surface area contributed by atoms with Crippen molar-refractivity contribution >= 4 is 23.7 Å². The molecule has 3 heterocycles. The molecule has 0 spiro atoms. The number of rotatable bonds is 6. The molecule has 6 unspecified atom stereocenters. The van der Waals surface area contributed by atoms with Crippen molar-refractivity contribution in [3.8, 4) is 5.75 Å². The fourth-order valence-electron chi connectivity index (χ4n) is 4.65. The summed E-state index contributed by atoms with van der Waals surface area (Å²) in [5.74, 6) is -4.62. The molecule has 12 heteroatoms. The number of aromatic hydroxyl groups is 1. The van der Waals surface area contributed by atoms with Crippen molar-refractivity contribution in [2.24, 2.45) is 5.92 Å². The molecule has 1 saturated heterocycles. The quantitative estimate of drug-likeness (QED) is 0.264. The fourth-order valence-corrected chi connectivity index (χ4v) is 4.65. The molecule has 3 aromatic rings. The maximum absolute atomic E-state index is 13.7. The van der Waals surface area contributed by atoms with Gasteiger partial charge < -0.3 is 30.9 Å². The number of hydrogen-bond acceptors (Lipinski definition) is 9. The number of esters is 1. The lowest BCUT2D eigenvalue weighted by Gasteiger charge is -2.33. The Labute approximate surface area is 242 Å². The molecule has 1 aliphatic rings. The Morgan fingerprint density at radius 3 is 2.33 bits per heavy atom. The first-order valence-electron chi connectivity index (χ1n) is 13.5. The monoisotopic (exact) mass is 575 g/mol. The van der Waals surface area contributed by atoms with E-state index in [0.29, 0.717) is 5.56 Å². The molecule has 1 aliphatic heterocycles. The summed E-state index contributed by atoms with van der Waals surface area (Å²) in [6.07, 6.45) is 1.90. The fraction of sp³-hybridized carbons (Fsp3) is 0.333. The van der Waals surface area contributed by atoms with Gasteiger partial charge in [-0.05, 0) is 49.6 Å². The molecule has 2 aromatic heterocycles. The predicted octanol–water partition coefficient (Wildman–Crippen LogP) is 0.678. The molecule has 0 aliphatic carbocycles. The van der Waals surface area contributed by atoms with E-state index in [4.69, 9.17) is 4.74 Å². The number of nitrogens with one attached hydrogen (secondary N) is 3. The minimum absolute atomic E-state index is 0.0398. The number of aliphatic hydroxyl groups excluding tert-OH is 1. The van der Waals surface area contributed by atoms with Crippen molar-refractivity contribution in [2.45, 2.75) is 57.0 Å². The van der Waals surface area contributed by atoms with Crippen molar-refractivity contribution in [3.05, 3.63) is 90.0 Å². The molecule has 12 nitrogen and oxygen atoms in total. The summed E-state index contributed by atoms with van der Waals surface area (Å²) in [4.78, 5) is 61.3. The lowest BCUT2D eigenvalue weighted by Crippen LogP contribution is -2.62. The van der Waals surface area contributed by atoms with Crippen LogP contribution in [0, 0.1) is 5.92 Å². The summed E-state index contributed by atoms with van der Waals surface area (Å²) >= 11 is 0. The van der Waals surface area contributed by atoms with Gasteiger partial charge in [0.05, 0.1) is 24.1 Å². The van der Waals surface area contributed by atoms with Gasteiger partial charge in [0.25, 0.3) is 11.8 Å². The third-order valence-corrected chi connectivity index (χ3v) is 7.06. The topological polar surface area (TPSA) is 180 Å². The summed E-state index contributed by atoms with van der Waals surface area (Å²) < 4.78 is 5.63. The zero-order valence-corrected chi connectivity index (χ0v) is 23.1. The van der Waals surface area contributed by atoms with Crippen LogP contribution in [0.5, 0.6) is 5.75 Å². The summed E-state index contributed by atoms with van der Waals surface area (Å²) in [6, 6.07) is 11.7. The maximum Gasteiger partial charge on any atom is 0.312 e. The van der Waals surface area contributed by atoms with E-state index in [2.05, 4.69) is 25.9 Å². The zero-order valence-electron chi connectivity index (χ0n) is 23.1. The number of hydrogen-bond donors (Lipinski definition) is 5. The van der Waals surface area contributed by atoms with Crippen LogP contribution in [-0.4, -0.2) is 74.2 Å². The second-order valence-electron chi connectivity index (χ2n) is 10.2. The number of aromatic nitrogens is 2. The highest BCUT2D eigenvalue weighted by Crippen LogP contribution is 2.19. The molecular weight excluding hydrogens is 542 g/mol. The van der Waals surface area contributed by atoms with Crippen LogP contribution in [0.15, 0.2) is 73.2 Å². The van der Waals surface area contributed by atoms with E-state index >= 15 is 0 Å². The molecule has 0 radical (unpaired) electrons. The molecular formula is C30H33N5O7. The minimum Gasteiger partial charge on any atom is -0.505 e. The Hall–Kier alpha value is -4.84. The first-order chi connectivity index (χ1) is 20.1. The summed E-state index contributed by atoms with van der Waals surface area (Å²) in [7, 11) is 0. The van der Waals surface area contributed by atoms with E-state index in [1.165, 1.54) is 32.2 Å². The summed E-state index contributed by atoms with van der Waals surface area (Å²) in [5.41, 5.74) is 1.09. The van der Waals surface area contributed by atoms with Crippen LogP contribution >= 0.6 is 0 Å². The van der Waals surface area contributed by atoms with E-state index in [-0.39, 0.29) is 18.5 Å². The highest BCUT2D eigenvalue weighted by molar-refractivity contribution is 5.98. The molecule has 4 rings (SSSR count). The van der Waals surface area contributed by atoms with Crippen LogP contribution in [0.3, 0.4) is 0 Å². The summed E-state index contributed by atoms with van der Waals surface area (Å²) in [6.45, 7) is 2.95. The van der Waals surface area contributed by atoms with Crippen LogP contribution in [0.1, 0.15) is 35.5 Å². The van der Waals surface area contributed by atoms with E-state index in [1.54, 1.807) is 48.8 Å². The number of aliphatic hydroxyl groups is 1. The van der Waals surface area contributed by atoms with Gasteiger partial charge in [-0.1, -0.05) is 36.4 Å². The van der Waals surface area contributed by atoms with Crippen LogP contribution in [0.4, 0.5) is 0 Å². The Bertz CT molecular complexity index is 1410. The Morgan fingerprint density at radius 1 is 0.929 bits per heavy atom. The van der Waals surface area contributed by atoms with E-state index in [0.717, 1.165) is 5.56 Å². The SMILES string of the molecule is CC1NC(=O)C(Cc2ccccc2)OC(=O)C(C)C(O)C(Cc2cccnc2)NC(=O)C1NC(=O)c1ncccc1O. The number of nitrogens with zero attached hydrogens (tertiary/aromatic N) is 2. The van der Waals surface area contributed by atoms with Gasteiger partial charge in [0, 0.05) is 25.0 Å². The first-order valence-corrected chi connectivity index (χ1v) is 13.5. The lowest BCUT2D eigenvalue weighted by atomic mass is 9.92. The van der Waals surface area contributed by atoms with Crippen LogP contribution in [0.25, 0.3) is 0 Å². The first kappa shape index (κ1) is 30.1. The van der Waals surface area contributed by atoms with Gasteiger partial charge in [0.2, 0.25) is 5.91 Å². The zero-order chi connectivity index (χ0) is 30.2. The predicted molar refractivity (Wildman–Crippen MR) is 150 cm³/mol. The average Bonchev–Trinajstić information content (AvgIpc) is 2.99. The lowest BCUT2D eigenvalue weighted by molar-refractivity contribution is -0.164. The van der Waals surface area contributed by atoms with E-state index < -0.39 is 65.7 Å².